The Morgan fingerprint density at radius 1 is 1.07 bits per heavy atom. The molecule has 0 atom stereocenters. The number of nitrogens with zero attached hydrogens (tertiary/aromatic N) is 2. The highest BCUT2D eigenvalue weighted by Crippen LogP contribution is 2.20. The number of nitrogens with one attached hydrogen (secondary N) is 2. The van der Waals surface area contributed by atoms with Gasteiger partial charge in [-0.2, -0.15) is 9.78 Å². The Morgan fingerprint density at radius 2 is 1.79 bits per heavy atom. The van der Waals surface area contributed by atoms with Crippen LogP contribution in [0.1, 0.15) is 31.8 Å². The third-order valence-corrected chi connectivity index (χ3v) is 4.45. The molecule has 0 saturated carbocycles. The predicted molar refractivity (Wildman–Crippen MR) is 115 cm³/mol. The first kappa shape index (κ1) is 20.2. The molecule has 2 N–H and O–H groups in total. The van der Waals surface area contributed by atoms with Gasteiger partial charge >= 0.3 is 5.97 Å². The van der Waals surface area contributed by atoms with Crippen molar-refractivity contribution in [3.05, 3.63) is 77.0 Å². The van der Waals surface area contributed by atoms with Crippen molar-refractivity contribution in [2.45, 2.75) is 13.8 Å². The molecule has 7 nitrogen and oxygen atoms in total. The summed E-state index contributed by atoms with van der Waals surface area (Å²) >= 11 is 5.40. The lowest BCUT2D eigenvalue weighted by Gasteiger charge is -2.14. The molecule has 29 heavy (non-hydrogen) atoms. The number of aromatic nitrogens is 2. The summed E-state index contributed by atoms with van der Waals surface area (Å²) in [6.45, 7) is 3.96. The molecule has 2 aromatic carbocycles. The lowest BCUT2D eigenvalue weighted by molar-refractivity contribution is 0.0602. The van der Waals surface area contributed by atoms with Gasteiger partial charge in [-0.25, -0.2) is 4.79 Å². The maximum Gasteiger partial charge on any atom is 0.343 e. The quantitative estimate of drug-likeness (QED) is 0.502. The van der Waals surface area contributed by atoms with E-state index in [-0.39, 0.29) is 16.5 Å². The maximum atomic E-state index is 12.9. The maximum absolute atomic E-state index is 12.9. The second kappa shape index (κ2) is 8.66. The summed E-state index contributed by atoms with van der Waals surface area (Å²) in [6.07, 6.45) is 1.27. The SMILES string of the molecule is COC(=O)c1cnn(C(=O)c2ccccc2)c1NC(=S)Nc1ccc(C)cc1C. The molecule has 1 heterocycles. The topological polar surface area (TPSA) is 85.2 Å². The van der Waals surface area contributed by atoms with Gasteiger partial charge < -0.3 is 15.4 Å². The van der Waals surface area contributed by atoms with Gasteiger partial charge in [0.25, 0.3) is 5.91 Å². The normalized spacial score (nSPS) is 10.3. The Hall–Kier alpha value is -3.52. The first-order valence-electron chi connectivity index (χ1n) is 8.82. The number of thiocarbonyl (C=S) groups is 1. The van der Waals surface area contributed by atoms with Crippen molar-refractivity contribution < 1.29 is 14.3 Å². The Morgan fingerprint density at radius 3 is 2.45 bits per heavy atom. The van der Waals surface area contributed by atoms with Gasteiger partial charge in [-0.1, -0.05) is 35.9 Å². The summed E-state index contributed by atoms with van der Waals surface area (Å²) in [7, 11) is 1.26. The minimum atomic E-state index is -0.631. The molecule has 3 aromatic rings. The van der Waals surface area contributed by atoms with E-state index in [2.05, 4.69) is 15.7 Å². The molecule has 0 amide bonds. The van der Waals surface area contributed by atoms with Crippen LogP contribution in [0.4, 0.5) is 11.5 Å². The number of anilines is 2. The van der Waals surface area contributed by atoms with Crippen LogP contribution in [0.25, 0.3) is 0 Å². The van der Waals surface area contributed by atoms with E-state index >= 15 is 0 Å². The van der Waals surface area contributed by atoms with Crippen LogP contribution in [0, 0.1) is 13.8 Å². The van der Waals surface area contributed by atoms with E-state index < -0.39 is 11.9 Å². The van der Waals surface area contributed by atoms with Gasteiger partial charge in [-0.3, -0.25) is 4.79 Å². The summed E-state index contributed by atoms with van der Waals surface area (Å²) in [4.78, 5) is 25.0. The van der Waals surface area contributed by atoms with Gasteiger partial charge in [-0.05, 0) is 49.8 Å². The summed E-state index contributed by atoms with van der Waals surface area (Å²) in [5, 5.41) is 10.3. The number of benzene rings is 2. The molecule has 0 spiro atoms. The van der Waals surface area contributed by atoms with E-state index in [1.165, 1.54) is 13.3 Å². The molecule has 1 aromatic heterocycles. The first-order valence-corrected chi connectivity index (χ1v) is 9.23. The average Bonchev–Trinajstić information content (AvgIpc) is 3.13. The van der Waals surface area contributed by atoms with E-state index in [1.54, 1.807) is 24.3 Å². The van der Waals surface area contributed by atoms with Crippen molar-refractivity contribution in [2.75, 3.05) is 17.7 Å². The molecule has 8 heteroatoms. The van der Waals surface area contributed by atoms with E-state index in [9.17, 15) is 9.59 Å². The number of methoxy groups -OCH3 is 1. The number of aryl methyl sites for hydroxylation is 2. The first-order chi connectivity index (χ1) is 13.9. The number of hydrogen-bond donors (Lipinski definition) is 2. The lowest BCUT2D eigenvalue weighted by atomic mass is 10.1. The Kier molecular flexibility index (Phi) is 6.04. The number of esters is 1. The van der Waals surface area contributed by atoms with Gasteiger partial charge in [0, 0.05) is 11.3 Å². The van der Waals surface area contributed by atoms with E-state index in [0.717, 1.165) is 21.5 Å². The number of carbonyl (C=O) groups is 2. The number of ether oxygens (including phenoxy) is 1. The minimum absolute atomic E-state index is 0.0987. The smallest absolute Gasteiger partial charge is 0.343 e. The van der Waals surface area contributed by atoms with Gasteiger partial charge in [0.05, 0.1) is 13.3 Å². The standard InChI is InChI=1S/C21H20N4O3S/c1-13-9-10-17(14(2)11-13)23-21(29)24-18-16(20(27)28-3)12-22-25(18)19(26)15-7-5-4-6-8-15/h4-12H,1-3H3,(H2,23,24,29). The van der Waals surface area contributed by atoms with Crippen molar-refractivity contribution >= 4 is 40.7 Å². The lowest BCUT2D eigenvalue weighted by Crippen LogP contribution is -2.25. The zero-order chi connectivity index (χ0) is 21.0. The van der Waals surface area contributed by atoms with Crippen LogP contribution in [0.3, 0.4) is 0 Å². The largest absolute Gasteiger partial charge is 0.465 e. The average molecular weight is 408 g/mol. The van der Waals surface area contributed by atoms with Crippen LogP contribution >= 0.6 is 12.2 Å². The van der Waals surface area contributed by atoms with Crippen molar-refractivity contribution in [2.24, 2.45) is 0 Å². The van der Waals surface area contributed by atoms with E-state index in [1.807, 2.05) is 38.1 Å². The monoisotopic (exact) mass is 408 g/mol. The van der Waals surface area contributed by atoms with Gasteiger partial charge in [-0.15, -0.1) is 0 Å². The van der Waals surface area contributed by atoms with Crippen molar-refractivity contribution in [1.29, 1.82) is 0 Å². The van der Waals surface area contributed by atoms with Crippen molar-refractivity contribution in [3.63, 3.8) is 0 Å². The Balaban J connectivity index is 1.92. The third kappa shape index (κ3) is 4.49. The molecule has 0 saturated heterocycles. The summed E-state index contributed by atoms with van der Waals surface area (Å²) < 4.78 is 5.90. The Bertz CT molecular complexity index is 1080. The molecule has 0 aliphatic heterocycles. The van der Waals surface area contributed by atoms with Gasteiger partial charge in [0.1, 0.15) is 5.56 Å². The predicted octanol–water partition coefficient (Wildman–Crippen LogP) is 3.78. The second-order valence-electron chi connectivity index (χ2n) is 6.38. The van der Waals surface area contributed by atoms with Crippen LogP contribution in [-0.4, -0.2) is 33.9 Å². The molecule has 0 fully saturated rings. The van der Waals surface area contributed by atoms with Crippen molar-refractivity contribution in [1.82, 2.24) is 9.78 Å². The van der Waals surface area contributed by atoms with Gasteiger partial charge in [0.2, 0.25) is 0 Å². The summed E-state index contributed by atoms with van der Waals surface area (Å²) in [5.41, 5.74) is 3.47. The highest BCUT2D eigenvalue weighted by molar-refractivity contribution is 7.80. The molecule has 3 rings (SSSR count). The molecule has 148 valence electrons. The number of carbonyl (C=O) groups excluding carboxylic acids is 2. The summed E-state index contributed by atoms with van der Waals surface area (Å²) in [6, 6.07) is 14.5. The summed E-state index contributed by atoms with van der Waals surface area (Å²) in [5.74, 6) is -0.903. The zero-order valence-corrected chi connectivity index (χ0v) is 17.0. The van der Waals surface area contributed by atoms with Crippen LogP contribution in [0.5, 0.6) is 0 Å². The van der Waals surface area contributed by atoms with E-state index in [4.69, 9.17) is 17.0 Å². The molecule has 0 aliphatic carbocycles. The van der Waals surface area contributed by atoms with Crippen LogP contribution in [0.2, 0.25) is 0 Å². The minimum Gasteiger partial charge on any atom is -0.465 e. The van der Waals surface area contributed by atoms with Gasteiger partial charge in [0.15, 0.2) is 10.9 Å². The Labute approximate surface area is 173 Å². The molecule has 0 bridgehead atoms. The second-order valence-corrected chi connectivity index (χ2v) is 6.79. The molecule has 0 aliphatic rings. The molecule has 0 radical (unpaired) electrons. The third-order valence-electron chi connectivity index (χ3n) is 4.25. The number of rotatable bonds is 4. The number of hydrogen-bond acceptors (Lipinski definition) is 5. The molecular formula is C21H20N4O3S. The molecule has 0 unspecified atom stereocenters. The van der Waals surface area contributed by atoms with Crippen LogP contribution < -0.4 is 10.6 Å². The highest BCUT2D eigenvalue weighted by Gasteiger charge is 2.23. The highest BCUT2D eigenvalue weighted by atomic mass is 32.1. The molecular weight excluding hydrogens is 388 g/mol. The van der Waals surface area contributed by atoms with Crippen LogP contribution in [-0.2, 0) is 4.74 Å². The zero-order valence-electron chi connectivity index (χ0n) is 16.2. The fourth-order valence-electron chi connectivity index (χ4n) is 2.80. The van der Waals surface area contributed by atoms with E-state index in [0.29, 0.717) is 5.56 Å². The van der Waals surface area contributed by atoms with Crippen LogP contribution in [0.15, 0.2) is 54.7 Å². The fraction of sp³-hybridized carbons (Fsp3) is 0.143. The van der Waals surface area contributed by atoms with Crippen molar-refractivity contribution in [3.8, 4) is 0 Å². The fourth-order valence-corrected chi connectivity index (χ4v) is 3.01.